The minimum atomic E-state index is -0.599. The summed E-state index contributed by atoms with van der Waals surface area (Å²) in [6.07, 6.45) is 1.26. The number of para-hydroxylation sites is 1. The minimum Gasteiger partial charge on any atom is -0.469 e. The second-order valence-electron chi connectivity index (χ2n) is 9.62. The Morgan fingerprint density at radius 1 is 1.03 bits per heavy atom. The lowest BCUT2D eigenvalue weighted by molar-refractivity contribution is -0.140. The van der Waals surface area contributed by atoms with Gasteiger partial charge in [0.15, 0.2) is 0 Å². The van der Waals surface area contributed by atoms with Crippen molar-refractivity contribution in [3.63, 3.8) is 0 Å². The smallest absolute Gasteiger partial charge is 0.305 e. The highest BCUT2D eigenvalue weighted by molar-refractivity contribution is 6.02. The molecule has 1 amide bonds. The Labute approximate surface area is 222 Å². The van der Waals surface area contributed by atoms with Gasteiger partial charge in [0.2, 0.25) is 0 Å². The van der Waals surface area contributed by atoms with Crippen LogP contribution in [0, 0.1) is 13.8 Å². The Morgan fingerprint density at radius 2 is 1.71 bits per heavy atom. The van der Waals surface area contributed by atoms with Crippen LogP contribution in [0.3, 0.4) is 0 Å². The van der Waals surface area contributed by atoms with Gasteiger partial charge in [-0.1, -0.05) is 18.2 Å². The molecule has 1 saturated heterocycles. The fraction of sp³-hybridized carbons (Fsp3) is 0.464. The first-order chi connectivity index (χ1) is 18.3. The fourth-order valence-electron chi connectivity index (χ4n) is 5.39. The van der Waals surface area contributed by atoms with Crippen molar-refractivity contribution in [2.24, 2.45) is 12.8 Å². The zero-order valence-corrected chi connectivity index (χ0v) is 22.7. The third kappa shape index (κ3) is 5.32. The molecule has 3 heterocycles. The number of nitrogens with zero attached hydrogens (tertiary/aromatic N) is 4. The SMILES string of the molecule is COC(=O)CCc1c(-c2c(C)n(C)n(-c3ccccc3)c2=O)c(C(N)=O)c(C)n1CCCN1CCOCC1. The third-order valence-electron chi connectivity index (χ3n) is 7.44. The predicted octanol–water partition coefficient (Wildman–Crippen LogP) is 2.19. The quantitative estimate of drug-likeness (QED) is 0.408. The van der Waals surface area contributed by atoms with E-state index in [9.17, 15) is 14.4 Å². The van der Waals surface area contributed by atoms with Crippen molar-refractivity contribution in [2.45, 2.75) is 39.7 Å². The first-order valence-corrected chi connectivity index (χ1v) is 13.0. The summed E-state index contributed by atoms with van der Waals surface area (Å²) < 4.78 is 15.8. The molecule has 1 aliphatic rings. The molecular weight excluding hydrogens is 486 g/mol. The second-order valence-corrected chi connectivity index (χ2v) is 9.62. The number of carbonyl (C=O) groups is 2. The number of amides is 1. The lowest BCUT2D eigenvalue weighted by atomic mass is 9.98. The Hall–Kier alpha value is -3.63. The molecule has 3 aromatic rings. The lowest BCUT2D eigenvalue weighted by Gasteiger charge is -2.26. The number of rotatable bonds is 10. The van der Waals surface area contributed by atoms with Crippen LogP contribution in [0.15, 0.2) is 35.1 Å². The maximum atomic E-state index is 13.9. The summed E-state index contributed by atoms with van der Waals surface area (Å²) in [5.41, 5.74) is 9.80. The van der Waals surface area contributed by atoms with Crippen LogP contribution in [0.25, 0.3) is 16.8 Å². The van der Waals surface area contributed by atoms with E-state index in [0.29, 0.717) is 46.7 Å². The molecule has 0 aliphatic carbocycles. The van der Waals surface area contributed by atoms with Crippen molar-refractivity contribution in [3.8, 4) is 16.8 Å². The predicted molar refractivity (Wildman–Crippen MR) is 145 cm³/mol. The molecule has 38 heavy (non-hydrogen) atoms. The Balaban J connectivity index is 1.85. The lowest BCUT2D eigenvalue weighted by Crippen LogP contribution is -2.37. The summed E-state index contributed by atoms with van der Waals surface area (Å²) in [6.45, 7) is 8.44. The fourth-order valence-corrected chi connectivity index (χ4v) is 5.39. The maximum absolute atomic E-state index is 13.9. The van der Waals surface area contributed by atoms with Crippen molar-refractivity contribution in [2.75, 3.05) is 40.0 Å². The zero-order valence-electron chi connectivity index (χ0n) is 22.7. The highest BCUT2D eigenvalue weighted by Crippen LogP contribution is 2.34. The van der Waals surface area contributed by atoms with Crippen molar-refractivity contribution in [3.05, 3.63) is 63.3 Å². The molecule has 0 unspecified atom stereocenters. The average Bonchev–Trinajstić information content (AvgIpc) is 3.31. The largest absolute Gasteiger partial charge is 0.469 e. The molecule has 0 radical (unpaired) electrons. The van der Waals surface area contributed by atoms with E-state index in [-0.39, 0.29) is 17.9 Å². The molecule has 2 N–H and O–H groups in total. The molecule has 0 saturated carbocycles. The highest BCUT2D eigenvalue weighted by atomic mass is 16.5. The van der Waals surface area contributed by atoms with Crippen LogP contribution in [-0.2, 0) is 34.3 Å². The van der Waals surface area contributed by atoms with Crippen molar-refractivity contribution >= 4 is 11.9 Å². The molecule has 2 aromatic heterocycles. The van der Waals surface area contributed by atoms with E-state index in [4.69, 9.17) is 15.2 Å². The van der Waals surface area contributed by atoms with E-state index in [1.54, 1.807) is 9.36 Å². The second kappa shape index (κ2) is 11.8. The first kappa shape index (κ1) is 27.4. The monoisotopic (exact) mass is 523 g/mol. The van der Waals surface area contributed by atoms with Gasteiger partial charge in [-0.2, -0.15) is 0 Å². The van der Waals surface area contributed by atoms with Gasteiger partial charge in [-0.3, -0.25) is 24.0 Å². The molecule has 0 atom stereocenters. The van der Waals surface area contributed by atoms with Crippen LogP contribution in [-0.4, -0.2) is 70.7 Å². The van der Waals surface area contributed by atoms with E-state index in [1.807, 2.05) is 51.2 Å². The van der Waals surface area contributed by atoms with Crippen LogP contribution in [0.2, 0.25) is 0 Å². The molecule has 0 bridgehead atoms. The highest BCUT2D eigenvalue weighted by Gasteiger charge is 2.30. The van der Waals surface area contributed by atoms with Crippen LogP contribution in [0.5, 0.6) is 0 Å². The number of carbonyl (C=O) groups excluding carboxylic acids is 2. The molecule has 4 rings (SSSR count). The summed E-state index contributed by atoms with van der Waals surface area (Å²) >= 11 is 0. The number of morpholine rings is 1. The van der Waals surface area contributed by atoms with Crippen molar-refractivity contribution in [1.29, 1.82) is 0 Å². The van der Waals surface area contributed by atoms with Gasteiger partial charge in [0.1, 0.15) is 0 Å². The van der Waals surface area contributed by atoms with E-state index in [0.717, 1.165) is 45.0 Å². The zero-order chi connectivity index (χ0) is 27.4. The molecule has 204 valence electrons. The van der Waals surface area contributed by atoms with Gasteiger partial charge in [-0.15, -0.1) is 0 Å². The van der Waals surface area contributed by atoms with Crippen LogP contribution >= 0.6 is 0 Å². The number of methoxy groups -OCH3 is 1. The van der Waals surface area contributed by atoms with Crippen molar-refractivity contribution in [1.82, 2.24) is 18.8 Å². The van der Waals surface area contributed by atoms with Gasteiger partial charge in [-0.05, 0) is 38.8 Å². The van der Waals surface area contributed by atoms with E-state index >= 15 is 0 Å². The third-order valence-corrected chi connectivity index (χ3v) is 7.44. The van der Waals surface area contributed by atoms with Gasteiger partial charge >= 0.3 is 5.97 Å². The molecule has 10 nitrogen and oxygen atoms in total. The van der Waals surface area contributed by atoms with Crippen molar-refractivity contribution < 1.29 is 19.1 Å². The van der Waals surface area contributed by atoms with Gasteiger partial charge in [0, 0.05) is 55.9 Å². The van der Waals surface area contributed by atoms with Gasteiger partial charge in [0.05, 0.1) is 43.6 Å². The summed E-state index contributed by atoms with van der Waals surface area (Å²) in [5, 5.41) is 0. The number of nitrogens with two attached hydrogens (primary N) is 1. The van der Waals surface area contributed by atoms with Crippen LogP contribution < -0.4 is 11.3 Å². The van der Waals surface area contributed by atoms with Gasteiger partial charge in [0.25, 0.3) is 11.5 Å². The van der Waals surface area contributed by atoms with Crippen LogP contribution in [0.1, 0.15) is 40.3 Å². The molecule has 1 aromatic carbocycles. The average molecular weight is 524 g/mol. The first-order valence-electron chi connectivity index (χ1n) is 13.0. The molecule has 1 fully saturated rings. The Kier molecular flexibility index (Phi) is 8.53. The number of esters is 1. The number of benzene rings is 1. The molecule has 1 aliphatic heterocycles. The summed E-state index contributed by atoms with van der Waals surface area (Å²) in [6, 6.07) is 9.35. The molecule has 0 spiro atoms. The minimum absolute atomic E-state index is 0.118. The summed E-state index contributed by atoms with van der Waals surface area (Å²) in [7, 11) is 3.17. The van der Waals surface area contributed by atoms with E-state index in [1.165, 1.54) is 7.11 Å². The Bertz CT molecular complexity index is 1360. The summed E-state index contributed by atoms with van der Waals surface area (Å²) in [4.78, 5) is 41.3. The number of ether oxygens (including phenoxy) is 2. The Morgan fingerprint density at radius 3 is 2.34 bits per heavy atom. The maximum Gasteiger partial charge on any atom is 0.305 e. The molecular formula is C28H37N5O5. The molecule has 10 heteroatoms. The number of hydrogen-bond donors (Lipinski definition) is 1. The normalized spacial score (nSPS) is 14.1. The van der Waals surface area contributed by atoms with E-state index in [2.05, 4.69) is 9.47 Å². The standard InChI is InChI=1S/C28H37N5O5/c1-19-25(28(36)33(30(19)3)21-9-6-5-7-10-21)26-22(11-12-23(34)37-4)32(20(2)24(26)27(29)35)14-8-13-31-15-17-38-18-16-31/h5-7,9-10H,8,11-18H2,1-4H3,(H2,29,35). The number of aromatic nitrogens is 3. The van der Waals surface area contributed by atoms with E-state index < -0.39 is 5.91 Å². The number of hydrogen-bond acceptors (Lipinski definition) is 6. The topological polar surface area (TPSA) is 114 Å². The summed E-state index contributed by atoms with van der Waals surface area (Å²) in [5.74, 6) is -0.959. The van der Waals surface area contributed by atoms with Gasteiger partial charge in [-0.25, -0.2) is 4.68 Å². The van der Waals surface area contributed by atoms with Crippen LogP contribution in [0.4, 0.5) is 0 Å². The number of primary amides is 1. The van der Waals surface area contributed by atoms with Gasteiger partial charge < -0.3 is 19.8 Å².